The molecule has 28 heavy (non-hydrogen) atoms. The van der Waals surface area contributed by atoms with Gasteiger partial charge in [-0.2, -0.15) is 0 Å². The van der Waals surface area contributed by atoms with Gasteiger partial charge in [0, 0.05) is 61.5 Å². The molecule has 146 valence electrons. The molecule has 2 saturated heterocycles. The molecule has 1 unspecified atom stereocenters. The predicted octanol–water partition coefficient (Wildman–Crippen LogP) is 3.27. The van der Waals surface area contributed by atoms with Crippen LogP contribution in [0.4, 0.5) is 5.69 Å². The number of rotatable bonds is 4. The van der Waals surface area contributed by atoms with Crippen LogP contribution in [0.25, 0.3) is 0 Å². The van der Waals surface area contributed by atoms with Gasteiger partial charge in [0.2, 0.25) is 11.8 Å². The fourth-order valence-corrected chi connectivity index (χ4v) is 4.22. The largest absolute Gasteiger partial charge is 0.490 e. The van der Waals surface area contributed by atoms with Crippen molar-refractivity contribution in [3.05, 3.63) is 53.3 Å². The molecule has 0 bridgehead atoms. The van der Waals surface area contributed by atoms with Crippen molar-refractivity contribution in [2.75, 3.05) is 24.5 Å². The number of anilines is 1. The number of ether oxygens (including phenoxy) is 1. The first-order chi connectivity index (χ1) is 13.6. The Morgan fingerprint density at radius 2 is 1.89 bits per heavy atom. The molecule has 1 atom stereocenters. The molecular weight excluding hydrogens is 422 g/mol. The van der Waals surface area contributed by atoms with Crippen LogP contribution >= 0.6 is 15.9 Å². The van der Waals surface area contributed by atoms with Crippen molar-refractivity contribution in [2.45, 2.75) is 25.4 Å². The maximum atomic E-state index is 12.9. The van der Waals surface area contributed by atoms with Crippen molar-refractivity contribution in [3.63, 3.8) is 0 Å². The lowest BCUT2D eigenvalue weighted by Gasteiger charge is -2.33. The molecule has 7 heteroatoms. The molecule has 1 aromatic carbocycles. The molecule has 1 aromatic heterocycles. The zero-order chi connectivity index (χ0) is 19.5. The Balaban J connectivity index is 1.32. The number of hydrogen-bond donors (Lipinski definition) is 0. The minimum absolute atomic E-state index is 0.00681. The first-order valence-electron chi connectivity index (χ1n) is 9.51. The van der Waals surface area contributed by atoms with Gasteiger partial charge in [0.05, 0.1) is 5.92 Å². The number of carbonyl (C=O) groups excluding carboxylic acids is 2. The topological polar surface area (TPSA) is 62.7 Å². The highest BCUT2D eigenvalue weighted by Gasteiger charge is 2.38. The van der Waals surface area contributed by atoms with Gasteiger partial charge in [-0.1, -0.05) is 22.0 Å². The van der Waals surface area contributed by atoms with E-state index >= 15 is 0 Å². The minimum Gasteiger partial charge on any atom is -0.490 e. The number of piperidine rings is 1. The second-order valence-corrected chi connectivity index (χ2v) is 8.13. The van der Waals surface area contributed by atoms with Crippen molar-refractivity contribution < 1.29 is 14.3 Å². The lowest BCUT2D eigenvalue weighted by Crippen LogP contribution is -2.44. The van der Waals surface area contributed by atoms with Crippen LogP contribution in [-0.4, -0.2) is 47.4 Å². The summed E-state index contributed by atoms with van der Waals surface area (Å²) >= 11 is 3.44. The number of aromatic nitrogens is 1. The molecule has 0 N–H and O–H groups in total. The van der Waals surface area contributed by atoms with Gasteiger partial charge >= 0.3 is 0 Å². The molecule has 6 nitrogen and oxygen atoms in total. The van der Waals surface area contributed by atoms with Crippen LogP contribution in [0, 0.1) is 5.92 Å². The van der Waals surface area contributed by atoms with Crippen LogP contribution < -0.4 is 9.64 Å². The van der Waals surface area contributed by atoms with Crippen LogP contribution in [0.1, 0.15) is 19.3 Å². The first kappa shape index (κ1) is 18.9. The third-order valence-electron chi connectivity index (χ3n) is 5.30. The molecule has 3 heterocycles. The number of hydrogen-bond acceptors (Lipinski definition) is 4. The molecule has 0 saturated carbocycles. The Kier molecular flexibility index (Phi) is 5.62. The van der Waals surface area contributed by atoms with Crippen LogP contribution in [0.5, 0.6) is 5.75 Å². The monoisotopic (exact) mass is 443 g/mol. The van der Waals surface area contributed by atoms with E-state index in [1.807, 2.05) is 41.3 Å². The van der Waals surface area contributed by atoms with Gasteiger partial charge in [-0.15, -0.1) is 0 Å². The Bertz CT molecular complexity index is 853. The fourth-order valence-electron chi connectivity index (χ4n) is 3.83. The SMILES string of the molecule is O=C(C1CC(=O)N(c2cccc(Br)c2)C1)N1CCC(Oc2ccncc2)CC1. The minimum atomic E-state index is -0.274. The summed E-state index contributed by atoms with van der Waals surface area (Å²) in [4.78, 5) is 33.0. The van der Waals surface area contributed by atoms with E-state index in [1.54, 1.807) is 17.3 Å². The summed E-state index contributed by atoms with van der Waals surface area (Å²) in [5.74, 6) is 0.621. The molecule has 2 fully saturated rings. The number of pyridine rings is 1. The maximum absolute atomic E-state index is 12.9. The van der Waals surface area contributed by atoms with Crippen LogP contribution in [-0.2, 0) is 9.59 Å². The fraction of sp³-hybridized carbons (Fsp3) is 0.381. The number of amides is 2. The van der Waals surface area contributed by atoms with Crippen LogP contribution in [0.15, 0.2) is 53.3 Å². The van der Waals surface area contributed by atoms with Crippen LogP contribution in [0.2, 0.25) is 0 Å². The molecule has 0 radical (unpaired) electrons. The second-order valence-electron chi connectivity index (χ2n) is 7.21. The highest BCUT2D eigenvalue weighted by Crippen LogP contribution is 2.29. The second kappa shape index (κ2) is 8.31. The summed E-state index contributed by atoms with van der Waals surface area (Å²) in [5, 5.41) is 0. The van der Waals surface area contributed by atoms with Gasteiger partial charge in [-0.05, 0) is 30.3 Å². The normalized spacial score (nSPS) is 20.5. The van der Waals surface area contributed by atoms with E-state index in [0.29, 0.717) is 19.6 Å². The quantitative estimate of drug-likeness (QED) is 0.727. The molecule has 0 spiro atoms. The highest BCUT2D eigenvalue weighted by atomic mass is 79.9. The predicted molar refractivity (Wildman–Crippen MR) is 109 cm³/mol. The summed E-state index contributed by atoms with van der Waals surface area (Å²) in [6.45, 7) is 1.77. The summed E-state index contributed by atoms with van der Waals surface area (Å²) in [6, 6.07) is 11.3. The Hall–Kier alpha value is -2.41. The van der Waals surface area contributed by atoms with Crippen molar-refractivity contribution in [2.24, 2.45) is 5.92 Å². The van der Waals surface area contributed by atoms with Crippen molar-refractivity contribution in [1.29, 1.82) is 0 Å². The van der Waals surface area contributed by atoms with E-state index in [9.17, 15) is 9.59 Å². The summed E-state index contributed by atoms with van der Waals surface area (Å²) < 4.78 is 6.89. The van der Waals surface area contributed by atoms with Crippen molar-refractivity contribution in [3.8, 4) is 5.75 Å². The van der Waals surface area contributed by atoms with Crippen molar-refractivity contribution in [1.82, 2.24) is 9.88 Å². The lowest BCUT2D eigenvalue weighted by atomic mass is 10.0. The number of halogens is 1. The highest BCUT2D eigenvalue weighted by molar-refractivity contribution is 9.10. The first-order valence-corrected chi connectivity index (χ1v) is 10.3. The molecule has 2 aromatic rings. The van der Waals surface area contributed by atoms with Gasteiger partial charge in [0.1, 0.15) is 11.9 Å². The van der Waals surface area contributed by atoms with Gasteiger partial charge < -0.3 is 14.5 Å². The Morgan fingerprint density at radius 1 is 1.14 bits per heavy atom. The van der Waals surface area contributed by atoms with Gasteiger partial charge in [-0.3, -0.25) is 14.6 Å². The zero-order valence-corrected chi connectivity index (χ0v) is 17.0. The smallest absolute Gasteiger partial charge is 0.228 e. The molecule has 4 rings (SSSR count). The summed E-state index contributed by atoms with van der Waals surface area (Å²) in [6.07, 6.45) is 5.40. The zero-order valence-electron chi connectivity index (χ0n) is 15.5. The van der Waals surface area contributed by atoms with E-state index in [2.05, 4.69) is 20.9 Å². The van der Waals surface area contributed by atoms with E-state index in [4.69, 9.17) is 4.74 Å². The van der Waals surface area contributed by atoms with Crippen molar-refractivity contribution >= 4 is 33.4 Å². The molecule has 0 aliphatic carbocycles. The van der Waals surface area contributed by atoms with E-state index < -0.39 is 0 Å². The van der Waals surface area contributed by atoms with Gasteiger partial charge in [0.15, 0.2) is 0 Å². The third-order valence-corrected chi connectivity index (χ3v) is 5.79. The average molecular weight is 444 g/mol. The molecule has 2 aliphatic rings. The van der Waals surface area contributed by atoms with Gasteiger partial charge in [0.25, 0.3) is 0 Å². The summed E-state index contributed by atoms with van der Waals surface area (Å²) in [7, 11) is 0. The van der Waals surface area contributed by atoms with E-state index in [-0.39, 0.29) is 30.3 Å². The molecule has 2 amide bonds. The van der Waals surface area contributed by atoms with E-state index in [0.717, 1.165) is 28.8 Å². The number of benzene rings is 1. The maximum Gasteiger partial charge on any atom is 0.228 e. The molecule has 2 aliphatic heterocycles. The Labute approximate surface area is 172 Å². The van der Waals surface area contributed by atoms with Crippen LogP contribution in [0.3, 0.4) is 0 Å². The molecular formula is C21H22BrN3O3. The standard InChI is InChI=1S/C21H22BrN3O3/c22-16-2-1-3-17(13-16)25-14-15(12-20(25)26)21(27)24-10-6-19(7-11-24)28-18-4-8-23-9-5-18/h1-5,8-9,13,15,19H,6-7,10-12,14H2. The number of nitrogens with zero attached hydrogens (tertiary/aromatic N) is 3. The number of carbonyl (C=O) groups is 2. The average Bonchev–Trinajstić information content (AvgIpc) is 3.10. The number of likely N-dealkylation sites (tertiary alicyclic amines) is 1. The lowest BCUT2D eigenvalue weighted by molar-refractivity contribution is -0.137. The van der Waals surface area contributed by atoms with Gasteiger partial charge in [-0.25, -0.2) is 0 Å². The Morgan fingerprint density at radius 3 is 2.61 bits per heavy atom. The van der Waals surface area contributed by atoms with E-state index in [1.165, 1.54) is 0 Å². The summed E-state index contributed by atoms with van der Waals surface area (Å²) in [5.41, 5.74) is 0.833. The third kappa shape index (κ3) is 4.19.